The second kappa shape index (κ2) is 2.74. The van der Waals surface area contributed by atoms with Crippen molar-refractivity contribution < 1.29 is 4.74 Å². The standard InChI is InChI=1S/C7H13IO/c1-7(2)5-6(8)3-4-9-7/h6H,3-5H2,1-2H3/t6-/m1/s1. The summed E-state index contributed by atoms with van der Waals surface area (Å²) >= 11 is 2.50. The van der Waals surface area contributed by atoms with E-state index in [1.165, 1.54) is 12.8 Å². The minimum Gasteiger partial charge on any atom is -0.375 e. The molecular formula is C7H13IO. The van der Waals surface area contributed by atoms with Crippen LogP contribution >= 0.6 is 22.6 Å². The predicted octanol–water partition coefficient (Wildman–Crippen LogP) is 2.38. The third kappa shape index (κ3) is 2.42. The minimum absolute atomic E-state index is 0.143. The van der Waals surface area contributed by atoms with Gasteiger partial charge in [-0.25, -0.2) is 0 Å². The number of alkyl halides is 1. The highest BCUT2D eigenvalue weighted by Gasteiger charge is 2.26. The summed E-state index contributed by atoms with van der Waals surface area (Å²) in [6, 6.07) is 0. The van der Waals surface area contributed by atoms with Gasteiger partial charge < -0.3 is 4.74 Å². The zero-order chi connectivity index (χ0) is 6.91. The van der Waals surface area contributed by atoms with Gasteiger partial charge in [-0.2, -0.15) is 0 Å². The molecule has 1 fully saturated rings. The van der Waals surface area contributed by atoms with E-state index in [2.05, 4.69) is 36.4 Å². The van der Waals surface area contributed by atoms with Crippen molar-refractivity contribution in [1.29, 1.82) is 0 Å². The Kier molecular flexibility index (Phi) is 2.37. The fourth-order valence-electron chi connectivity index (χ4n) is 1.16. The van der Waals surface area contributed by atoms with E-state index in [0.29, 0.717) is 0 Å². The molecule has 0 aromatic rings. The van der Waals surface area contributed by atoms with Gasteiger partial charge in [0.05, 0.1) is 5.60 Å². The van der Waals surface area contributed by atoms with Crippen molar-refractivity contribution in [2.45, 2.75) is 36.2 Å². The molecule has 0 amide bonds. The van der Waals surface area contributed by atoms with Gasteiger partial charge >= 0.3 is 0 Å². The van der Waals surface area contributed by atoms with Crippen molar-refractivity contribution in [3.05, 3.63) is 0 Å². The van der Waals surface area contributed by atoms with E-state index in [1.54, 1.807) is 0 Å². The lowest BCUT2D eigenvalue weighted by Gasteiger charge is -2.32. The molecule has 0 saturated carbocycles. The normalized spacial score (nSPS) is 34.3. The van der Waals surface area contributed by atoms with E-state index in [-0.39, 0.29) is 5.60 Å². The van der Waals surface area contributed by atoms with Gasteiger partial charge in [0, 0.05) is 10.5 Å². The lowest BCUT2D eigenvalue weighted by atomic mass is 9.99. The van der Waals surface area contributed by atoms with Crippen LogP contribution < -0.4 is 0 Å². The lowest BCUT2D eigenvalue weighted by molar-refractivity contribution is -0.0467. The predicted molar refractivity (Wildman–Crippen MR) is 47.1 cm³/mol. The van der Waals surface area contributed by atoms with Crippen molar-refractivity contribution in [3.8, 4) is 0 Å². The van der Waals surface area contributed by atoms with E-state index in [0.717, 1.165) is 10.5 Å². The highest BCUT2D eigenvalue weighted by atomic mass is 127. The second-order valence-corrected chi connectivity index (χ2v) is 4.96. The summed E-state index contributed by atoms with van der Waals surface area (Å²) in [4.78, 5) is 0. The fraction of sp³-hybridized carbons (Fsp3) is 1.00. The highest BCUT2D eigenvalue weighted by molar-refractivity contribution is 14.1. The second-order valence-electron chi connectivity index (χ2n) is 3.20. The molecular weight excluding hydrogens is 227 g/mol. The first-order valence-electron chi connectivity index (χ1n) is 3.38. The number of rotatable bonds is 0. The fourth-order valence-corrected chi connectivity index (χ4v) is 2.47. The Morgan fingerprint density at radius 3 is 2.56 bits per heavy atom. The maximum Gasteiger partial charge on any atom is 0.0636 e. The molecule has 54 valence electrons. The smallest absolute Gasteiger partial charge is 0.0636 e. The molecule has 0 radical (unpaired) electrons. The van der Waals surface area contributed by atoms with Crippen LogP contribution in [0.4, 0.5) is 0 Å². The van der Waals surface area contributed by atoms with E-state index >= 15 is 0 Å². The summed E-state index contributed by atoms with van der Waals surface area (Å²) in [6.07, 6.45) is 2.43. The molecule has 1 saturated heterocycles. The van der Waals surface area contributed by atoms with Crippen LogP contribution in [0, 0.1) is 0 Å². The average Bonchev–Trinajstić information content (AvgIpc) is 1.60. The van der Waals surface area contributed by atoms with Crippen molar-refractivity contribution in [2.75, 3.05) is 6.61 Å². The van der Waals surface area contributed by atoms with Crippen molar-refractivity contribution in [2.24, 2.45) is 0 Å². The molecule has 9 heavy (non-hydrogen) atoms. The van der Waals surface area contributed by atoms with Crippen LogP contribution in [0.25, 0.3) is 0 Å². The number of ether oxygens (including phenoxy) is 1. The van der Waals surface area contributed by atoms with Crippen LogP contribution in [-0.4, -0.2) is 16.1 Å². The van der Waals surface area contributed by atoms with Crippen LogP contribution in [-0.2, 0) is 4.74 Å². The quantitative estimate of drug-likeness (QED) is 0.466. The van der Waals surface area contributed by atoms with Gasteiger partial charge in [-0.1, -0.05) is 22.6 Å². The van der Waals surface area contributed by atoms with Gasteiger partial charge in [0.25, 0.3) is 0 Å². The van der Waals surface area contributed by atoms with Crippen molar-refractivity contribution in [3.63, 3.8) is 0 Å². The van der Waals surface area contributed by atoms with Gasteiger partial charge in [0.2, 0.25) is 0 Å². The summed E-state index contributed by atoms with van der Waals surface area (Å²) in [5, 5.41) is 0. The summed E-state index contributed by atoms with van der Waals surface area (Å²) in [6.45, 7) is 5.27. The van der Waals surface area contributed by atoms with Crippen LogP contribution in [0.1, 0.15) is 26.7 Å². The van der Waals surface area contributed by atoms with Crippen LogP contribution in [0.5, 0.6) is 0 Å². The molecule has 1 rings (SSSR count). The largest absolute Gasteiger partial charge is 0.375 e. The molecule has 1 aliphatic heterocycles. The molecule has 1 heterocycles. The van der Waals surface area contributed by atoms with Gasteiger partial charge in [0.15, 0.2) is 0 Å². The first-order valence-corrected chi connectivity index (χ1v) is 4.63. The van der Waals surface area contributed by atoms with Crippen molar-refractivity contribution in [1.82, 2.24) is 0 Å². The average molecular weight is 240 g/mol. The third-order valence-corrected chi connectivity index (χ3v) is 2.70. The Morgan fingerprint density at radius 2 is 2.22 bits per heavy atom. The summed E-state index contributed by atoms with van der Waals surface area (Å²) in [7, 11) is 0. The Balaban J connectivity index is 2.41. The maximum absolute atomic E-state index is 5.53. The molecule has 1 aliphatic rings. The molecule has 0 N–H and O–H groups in total. The molecule has 0 aliphatic carbocycles. The van der Waals surface area contributed by atoms with Crippen LogP contribution in [0.15, 0.2) is 0 Å². The molecule has 1 atom stereocenters. The number of halogens is 1. The summed E-state index contributed by atoms with van der Waals surface area (Å²) in [5.74, 6) is 0. The Hall–Kier alpha value is 0.690. The molecule has 1 nitrogen and oxygen atoms in total. The van der Waals surface area contributed by atoms with Crippen LogP contribution in [0.2, 0.25) is 0 Å². The first-order chi connectivity index (χ1) is 4.10. The first kappa shape index (κ1) is 7.79. The Labute approximate surface area is 70.3 Å². The van der Waals surface area contributed by atoms with E-state index in [9.17, 15) is 0 Å². The zero-order valence-electron chi connectivity index (χ0n) is 5.98. The Morgan fingerprint density at radius 1 is 1.56 bits per heavy atom. The highest BCUT2D eigenvalue weighted by Crippen LogP contribution is 2.28. The Bertz CT molecular complexity index is 101. The van der Waals surface area contributed by atoms with E-state index in [4.69, 9.17) is 4.74 Å². The number of hydrogen-bond donors (Lipinski definition) is 0. The molecule has 0 aromatic carbocycles. The van der Waals surface area contributed by atoms with Gasteiger partial charge in [0.1, 0.15) is 0 Å². The van der Waals surface area contributed by atoms with Gasteiger partial charge in [-0.15, -0.1) is 0 Å². The third-order valence-electron chi connectivity index (χ3n) is 1.64. The molecule has 0 spiro atoms. The van der Waals surface area contributed by atoms with E-state index in [1.807, 2.05) is 0 Å². The molecule has 0 unspecified atom stereocenters. The SMILES string of the molecule is CC1(C)C[C@H](I)CCO1. The van der Waals surface area contributed by atoms with E-state index < -0.39 is 0 Å². The molecule has 2 heteroatoms. The van der Waals surface area contributed by atoms with Gasteiger partial charge in [-0.05, 0) is 26.7 Å². The number of hydrogen-bond acceptors (Lipinski definition) is 1. The van der Waals surface area contributed by atoms with Gasteiger partial charge in [-0.3, -0.25) is 0 Å². The molecule has 0 bridgehead atoms. The summed E-state index contributed by atoms with van der Waals surface area (Å²) < 4.78 is 6.36. The zero-order valence-corrected chi connectivity index (χ0v) is 8.14. The monoisotopic (exact) mass is 240 g/mol. The molecule has 0 aromatic heterocycles. The van der Waals surface area contributed by atoms with Crippen LogP contribution in [0.3, 0.4) is 0 Å². The summed E-state index contributed by atoms with van der Waals surface area (Å²) in [5.41, 5.74) is 0.143. The van der Waals surface area contributed by atoms with Crippen molar-refractivity contribution >= 4 is 22.6 Å². The maximum atomic E-state index is 5.53. The topological polar surface area (TPSA) is 9.23 Å². The lowest BCUT2D eigenvalue weighted by Crippen LogP contribution is -2.33. The minimum atomic E-state index is 0.143.